The van der Waals surface area contributed by atoms with Crippen molar-refractivity contribution in [1.29, 1.82) is 5.26 Å². The lowest BCUT2D eigenvalue weighted by molar-refractivity contribution is 0.791. The predicted octanol–water partition coefficient (Wildman–Crippen LogP) is 0.353. The van der Waals surface area contributed by atoms with Crippen LogP contribution < -0.4 is 5.69 Å². The minimum Gasteiger partial charge on any atom is -0.311 e. The SMILES string of the molecule is N#CCn1c(Cl)c[nH]c1=O. The number of halogens is 1. The number of nitriles is 1. The van der Waals surface area contributed by atoms with E-state index >= 15 is 0 Å². The first-order valence-corrected chi connectivity index (χ1v) is 2.94. The summed E-state index contributed by atoms with van der Waals surface area (Å²) in [6, 6.07) is 1.81. The topological polar surface area (TPSA) is 61.6 Å². The van der Waals surface area contributed by atoms with Crippen LogP contribution in [0.3, 0.4) is 0 Å². The van der Waals surface area contributed by atoms with Gasteiger partial charge in [-0.1, -0.05) is 11.6 Å². The molecule has 0 unspecified atom stereocenters. The molecule has 0 aliphatic heterocycles. The summed E-state index contributed by atoms with van der Waals surface area (Å²) in [7, 11) is 0. The molecule has 10 heavy (non-hydrogen) atoms. The van der Waals surface area contributed by atoms with Crippen LogP contribution in [0.4, 0.5) is 0 Å². The van der Waals surface area contributed by atoms with E-state index in [0.717, 1.165) is 4.57 Å². The van der Waals surface area contributed by atoms with Crippen LogP contribution in [0.25, 0.3) is 0 Å². The van der Waals surface area contributed by atoms with Crippen molar-refractivity contribution < 1.29 is 0 Å². The molecule has 0 spiro atoms. The summed E-state index contributed by atoms with van der Waals surface area (Å²) in [4.78, 5) is 13.0. The number of nitrogens with zero attached hydrogens (tertiary/aromatic N) is 2. The number of rotatable bonds is 1. The minimum absolute atomic E-state index is 0.0127. The summed E-state index contributed by atoms with van der Waals surface area (Å²) in [6.45, 7) is -0.0127. The van der Waals surface area contributed by atoms with Crippen LogP contribution in [0, 0.1) is 11.3 Å². The van der Waals surface area contributed by atoms with Crippen LogP contribution >= 0.6 is 11.6 Å². The highest BCUT2D eigenvalue weighted by Gasteiger charge is 2.00. The summed E-state index contributed by atoms with van der Waals surface area (Å²) in [5, 5.41) is 8.46. The molecule has 0 saturated heterocycles. The van der Waals surface area contributed by atoms with Gasteiger partial charge < -0.3 is 4.98 Å². The number of aromatic nitrogens is 2. The maximum absolute atomic E-state index is 10.7. The molecule has 1 heterocycles. The Kier molecular flexibility index (Phi) is 1.78. The molecule has 52 valence electrons. The number of nitrogens with one attached hydrogen (secondary N) is 1. The zero-order valence-electron chi connectivity index (χ0n) is 4.97. The molecular formula is C5H4ClN3O. The molecule has 5 heteroatoms. The average Bonchev–Trinajstić information content (AvgIpc) is 2.20. The van der Waals surface area contributed by atoms with Gasteiger partial charge in [0.15, 0.2) is 0 Å². The van der Waals surface area contributed by atoms with Crippen molar-refractivity contribution >= 4 is 11.6 Å². The second kappa shape index (κ2) is 2.58. The summed E-state index contributed by atoms with van der Waals surface area (Å²) in [5.41, 5.74) is -0.355. The van der Waals surface area contributed by atoms with Gasteiger partial charge in [-0.3, -0.25) is 4.57 Å². The van der Waals surface area contributed by atoms with Crippen molar-refractivity contribution in [3.05, 3.63) is 21.8 Å². The first-order chi connectivity index (χ1) is 4.75. The van der Waals surface area contributed by atoms with Crippen LogP contribution in [-0.2, 0) is 6.54 Å². The number of hydrogen-bond donors (Lipinski definition) is 1. The van der Waals surface area contributed by atoms with E-state index in [2.05, 4.69) is 4.98 Å². The highest BCUT2D eigenvalue weighted by Crippen LogP contribution is 2.01. The fourth-order valence-corrected chi connectivity index (χ4v) is 0.783. The van der Waals surface area contributed by atoms with Crippen LogP contribution in [0.15, 0.2) is 11.0 Å². The van der Waals surface area contributed by atoms with Gasteiger partial charge in [-0.25, -0.2) is 4.79 Å². The third-order valence-corrected chi connectivity index (χ3v) is 1.36. The predicted molar refractivity (Wildman–Crippen MR) is 35.7 cm³/mol. The molecule has 0 bridgehead atoms. The van der Waals surface area contributed by atoms with Crippen LogP contribution in [0.1, 0.15) is 0 Å². The lowest BCUT2D eigenvalue weighted by atomic mass is 10.7. The lowest BCUT2D eigenvalue weighted by Gasteiger charge is -1.90. The maximum atomic E-state index is 10.7. The molecule has 1 aromatic rings. The highest BCUT2D eigenvalue weighted by atomic mass is 35.5. The molecule has 0 amide bonds. The summed E-state index contributed by atoms with van der Waals surface area (Å²) < 4.78 is 1.14. The molecule has 0 aromatic carbocycles. The van der Waals surface area contributed by atoms with Gasteiger partial charge in [0.05, 0.1) is 6.07 Å². The van der Waals surface area contributed by atoms with Crippen LogP contribution in [0.5, 0.6) is 0 Å². The maximum Gasteiger partial charge on any atom is 0.327 e. The standard InChI is InChI=1S/C5H4ClN3O/c6-4-3-8-5(10)9(4)2-1-7/h3H,2H2,(H,8,10). The largest absolute Gasteiger partial charge is 0.327 e. The Morgan fingerprint density at radius 1 is 1.90 bits per heavy atom. The first kappa shape index (κ1) is 6.90. The lowest BCUT2D eigenvalue weighted by Crippen LogP contribution is -2.15. The second-order valence-corrected chi connectivity index (χ2v) is 2.05. The molecule has 0 aliphatic rings. The third-order valence-electron chi connectivity index (χ3n) is 1.05. The zero-order chi connectivity index (χ0) is 7.56. The molecule has 0 aliphatic carbocycles. The van der Waals surface area contributed by atoms with Gasteiger partial charge in [-0.05, 0) is 0 Å². The normalized spacial score (nSPS) is 9.20. The second-order valence-electron chi connectivity index (χ2n) is 1.66. The van der Waals surface area contributed by atoms with Crippen molar-refractivity contribution in [3.63, 3.8) is 0 Å². The van der Waals surface area contributed by atoms with E-state index in [9.17, 15) is 4.79 Å². The first-order valence-electron chi connectivity index (χ1n) is 2.56. The monoisotopic (exact) mass is 157 g/mol. The van der Waals surface area contributed by atoms with E-state index in [-0.39, 0.29) is 17.4 Å². The van der Waals surface area contributed by atoms with E-state index < -0.39 is 0 Å². The fraction of sp³-hybridized carbons (Fsp3) is 0.200. The smallest absolute Gasteiger partial charge is 0.311 e. The highest BCUT2D eigenvalue weighted by molar-refractivity contribution is 6.29. The van der Waals surface area contributed by atoms with E-state index in [1.54, 1.807) is 0 Å². The Hall–Kier alpha value is -1.21. The van der Waals surface area contributed by atoms with Gasteiger partial charge in [0.2, 0.25) is 0 Å². The molecule has 1 rings (SSSR count). The van der Waals surface area contributed by atoms with Gasteiger partial charge in [0, 0.05) is 6.20 Å². The number of aromatic amines is 1. The van der Waals surface area contributed by atoms with Crippen molar-refractivity contribution in [3.8, 4) is 6.07 Å². The van der Waals surface area contributed by atoms with E-state index in [1.807, 2.05) is 6.07 Å². The molecule has 0 fully saturated rings. The molecular weight excluding hydrogens is 154 g/mol. The van der Waals surface area contributed by atoms with Gasteiger partial charge in [0.1, 0.15) is 11.7 Å². The van der Waals surface area contributed by atoms with Crippen LogP contribution in [-0.4, -0.2) is 9.55 Å². The Labute approximate surface area is 61.7 Å². The third kappa shape index (κ3) is 1.04. The Morgan fingerprint density at radius 2 is 2.60 bits per heavy atom. The van der Waals surface area contributed by atoms with Gasteiger partial charge in [0.25, 0.3) is 0 Å². The van der Waals surface area contributed by atoms with Crippen LogP contribution in [0.2, 0.25) is 5.15 Å². The number of imidazole rings is 1. The number of hydrogen-bond acceptors (Lipinski definition) is 2. The van der Waals surface area contributed by atoms with Gasteiger partial charge in [-0.15, -0.1) is 0 Å². The molecule has 4 nitrogen and oxygen atoms in total. The summed E-state index contributed by atoms with van der Waals surface area (Å²) in [6.07, 6.45) is 1.35. The van der Waals surface area contributed by atoms with Gasteiger partial charge in [-0.2, -0.15) is 5.26 Å². The van der Waals surface area contributed by atoms with Crippen molar-refractivity contribution in [1.82, 2.24) is 9.55 Å². The molecule has 0 atom stereocenters. The molecule has 0 saturated carbocycles. The fourth-order valence-electron chi connectivity index (χ4n) is 0.592. The molecule has 1 aromatic heterocycles. The van der Waals surface area contributed by atoms with E-state index in [1.165, 1.54) is 6.20 Å². The van der Waals surface area contributed by atoms with Crippen molar-refractivity contribution in [2.75, 3.05) is 0 Å². The Bertz CT molecular complexity index is 318. The molecule has 1 N–H and O–H groups in total. The number of H-pyrrole nitrogens is 1. The van der Waals surface area contributed by atoms with E-state index in [0.29, 0.717) is 0 Å². The van der Waals surface area contributed by atoms with E-state index in [4.69, 9.17) is 16.9 Å². The summed E-state index contributed by atoms with van der Waals surface area (Å²) >= 11 is 5.50. The Balaban J connectivity index is 3.13. The van der Waals surface area contributed by atoms with Crippen molar-refractivity contribution in [2.45, 2.75) is 6.54 Å². The Morgan fingerprint density at radius 3 is 3.00 bits per heavy atom. The average molecular weight is 158 g/mol. The molecule has 0 radical (unpaired) electrons. The summed E-state index contributed by atoms with van der Waals surface area (Å²) in [5.74, 6) is 0. The quantitative estimate of drug-likeness (QED) is 0.640. The van der Waals surface area contributed by atoms with Gasteiger partial charge >= 0.3 is 5.69 Å². The zero-order valence-corrected chi connectivity index (χ0v) is 5.72. The minimum atomic E-state index is -0.355. The van der Waals surface area contributed by atoms with Crippen molar-refractivity contribution in [2.24, 2.45) is 0 Å².